The molecule has 60 heavy (non-hydrogen) atoms. The van der Waals surface area contributed by atoms with Crippen molar-refractivity contribution in [1.29, 1.82) is 0 Å². The lowest BCUT2D eigenvalue weighted by atomic mass is 9.84. The maximum Gasteiger partial charge on any atom is -0.00261 e. The zero-order valence-electron chi connectivity index (χ0n) is 32.9. The van der Waals surface area contributed by atoms with E-state index in [1.165, 1.54) is 120 Å². The van der Waals surface area contributed by atoms with E-state index < -0.39 is 0 Å². The maximum absolute atomic E-state index is 2.45. The quantitative estimate of drug-likeness (QED) is 0.121. The molecule has 12 aromatic rings. The molecule has 0 aromatic heterocycles. The SMILES string of the molecule is c1ccc(-c2ccc3c(-c4ccc5ccc6ccc(-c7c8ccccc8c(-c8ccccc8)c8ccccc78)cc6c5c4)c4ccccc4c(-c4ccccc4)c3c2)cc1. The van der Waals surface area contributed by atoms with Gasteiger partial charge < -0.3 is 0 Å². The monoisotopic (exact) mass is 758 g/mol. The van der Waals surface area contributed by atoms with Crippen molar-refractivity contribution < 1.29 is 0 Å². The van der Waals surface area contributed by atoms with E-state index in [2.05, 4.69) is 231 Å². The third kappa shape index (κ3) is 5.46. The van der Waals surface area contributed by atoms with Crippen molar-refractivity contribution in [3.63, 3.8) is 0 Å². The van der Waals surface area contributed by atoms with Crippen molar-refractivity contribution in [2.75, 3.05) is 0 Å². The van der Waals surface area contributed by atoms with Crippen molar-refractivity contribution in [3.8, 4) is 55.6 Å². The summed E-state index contributed by atoms with van der Waals surface area (Å²) in [7, 11) is 0. The summed E-state index contributed by atoms with van der Waals surface area (Å²) in [4.78, 5) is 0. The average Bonchev–Trinajstić information content (AvgIpc) is 3.32. The number of rotatable bonds is 5. The van der Waals surface area contributed by atoms with Crippen LogP contribution in [0, 0.1) is 0 Å². The van der Waals surface area contributed by atoms with Gasteiger partial charge in [0.1, 0.15) is 0 Å². The summed E-state index contributed by atoms with van der Waals surface area (Å²) >= 11 is 0. The highest BCUT2D eigenvalue weighted by Crippen LogP contribution is 2.47. The molecule has 0 saturated carbocycles. The van der Waals surface area contributed by atoms with Crippen molar-refractivity contribution >= 4 is 64.6 Å². The Bertz CT molecular complexity index is 3560. The molecular formula is C60H38. The minimum absolute atomic E-state index is 1.22. The number of benzene rings is 12. The largest absolute Gasteiger partial charge is 0.0622 e. The van der Waals surface area contributed by atoms with Crippen LogP contribution >= 0.6 is 0 Å². The highest BCUT2D eigenvalue weighted by atomic mass is 14.2. The van der Waals surface area contributed by atoms with Gasteiger partial charge in [-0.1, -0.05) is 212 Å². The molecule has 0 aliphatic rings. The molecule has 0 bridgehead atoms. The van der Waals surface area contributed by atoms with Crippen LogP contribution in [0.4, 0.5) is 0 Å². The topological polar surface area (TPSA) is 0 Å². The summed E-state index contributed by atoms with van der Waals surface area (Å²) < 4.78 is 0. The van der Waals surface area contributed by atoms with E-state index in [1.54, 1.807) is 0 Å². The summed E-state index contributed by atoms with van der Waals surface area (Å²) in [6.45, 7) is 0. The van der Waals surface area contributed by atoms with Crippen LogP contribution in [0.5, 0.6) is 0 Å². The van der Waals surface area contributed by atoms with Crippen LogP contribution in [0.2, 0.25) is 0 Å². The van der Waals surface area contributed by atoms with Gasteiger partial charge in [0, 0.05) is 0 Å². The normalized spacial score (nSPS) is 11.7. The average molecular weight is 759 g/mol. The predicted molar refractivity (Wildman–Crippen MR) is 259 cm³/mol. The molecule has 0 unspecified atom stereocenters. The fourth-order valence-electron chi connectivity index (χ4n) is 9.93. The zero-order chi connectivity index (χ0) is 39.6. The summed E-state index contributed by atoms with van der Waals surface area (Å²) in [5, 5.41) is 15.1. The first-order chi connectivity index (χ1) is 29.8. The molecule has 0 heteroatoms. The summed E-state index contributed by atoms with van der Waals surface area (Å²) in [6.07, 6.45) is 0. The molecule has 0 radical (unpaired) electrons. The number of hydrogen-bond acceptors (Lipinski definition) is 0. The molecule has 0 atom stereocenters. The lowest BCUT2D eigenvalue weighted by Gasteiger charge is -2.19. The smallest absolute Gasteiger partial charge is 0.00261 e. The molecule has 0 amide bonds. The highest BCUT2D eigenvalue weighted by Gasteiger charge is 2.20. The minimum Gasteiger partial charge on any atom is -0.0622 e. The van der Waals surface area contributed by atoms with Gasteiger partial charge in [-0.05, 0) is 138 Å². The third-order valence-electron chi connectivity index (χ3n) is 12.6. The van der Waals surface area contributed by atoms with Gasteiger partial charge in [0.05, 0.1) is 0 Å². The fraction of sp³-hybridized carbons (Fsp3) is 0. The van der Waals surface area contributed by atoms with Gasteiger partial charge in [-0.25, -0.2) is 0 Å². The number of hydrogen-bond donors (Lipinski definition) is 0. The molecule has 0 aliphatic heterocycles. The Morgan fingerprint density at radius 2 is 0.433 bits per heavy atom. The van der Waals surface area contributed by atoms with E-state index >= 15 is 0 Å². The predicted octanol–water partition coefficient (Wildman–Crippen LogP) is 16.9. The van der Waals surface area contributed by atoms with E-state index in [4.69, 9.17) is 0 Å². The Labute approximate surface area is 349 Å². The highest BCUT2D eigenvalue weighted by molar-refractivity contribution is 6.24. The van der Waals surface area contributed by atoms with Crippen molar-refractivity contribution in [2.45, 2.75) is 0 Å². The summed E-state index contributed by atoms with van der Waals surface area (Å²) in [5.74, 6) is 0. The van der Waals surface area contributed by atoms with Gasteiger partial charge in [0.15, 0.2) is 0 Å². The molecule has 12 aromatic carbocycles. The minimum atomic E-state index is 1.22. The molecule has 0 nitrogen and oxygen atoms in total. The Kier molecular flexibility index (Phi) is 7.96. The fourth-order valence-corrected chi connectivity index (χ4v) is 9.93. The van der Waals surface area contributed by atoms with Gasteiger partial charge in [0.25, 0.3) is 0 Å². The molecule has 278 valence electrons. The maximum atomic E-state index is 2.45. The molecular weight excluding hydrogens is 721 g/mol. The van der Waals surface area contributed by atoms with Gasteiger partial charge in [0.2, 0.25) is 0 Å². The summed E-state index contributed by atoms with van der Waals surface area (Å²) in [5.41, 5.74) is 12.5. The lowest BCUT2D eigenvalue weighted by molar-refractivity contribution is 1.63. The first kappa shape index (κ1) is 34.3. The number of fused-ring (bicyclic) bond motifs is 7. The van der Waals surface area contributed by atoms with Crippen LogP contribution in [0.25, 0.3) is 120 Å². The van der Waals surface area contributed by atoms with Crippen LogP contribution in [0.3, 0.4) is 0 Å². The van der Waals surface area contributed by atoms with Gasteiger partial charge in [-0.2, -0.15) is 0 Å². The van der Waals surface area contributed by atoms with Crippen LogP contribution < -0.4 is 0 Å². The van der Waals surface area contributed by atoms with Crippen LogP contribution in [0.1, 0.15) is 0 Å². The molecule has 0 spiro atoms. The molecule has 0 N–H and O–H groups in total. The molecule has 0 saturated heterocycles. The Morgan fingerprint density at radius 1 is 0.150 bits per heavy atom. The van der Waals surface area contributed by atoms with E-state index in [-0.39, 0.29) is 0 Å². The van der Waals surface area contributed by atoms with Crippen LogP contribution in [-0.2, 0) is 0 Å². The standard InChI is InChI=1S/C60H38/c1-4-16-39(17-5-1)44-34-35-53-56(36-44)58(43-20-8-3-9-21-43)49-24-12-15-27-52(49)60(53)46-33-31-41-29-28-40-30-32-45(37-54(40)55(41)38-46)59-50-25-13-10-22-47(50)57(42-18-6-2-7-19-42)48-23-11-14-26-51(48)59/h1-38H. The van der Waals surface area contributed by atoms with Gasteiger partial charge in [-0.15, -0.1) is 0 Å². The van der Waals surface area contributed by atoms with E-state index in [0.717, 1.165) is 0 Å². The van der Waals surface area contributed by atoms with E-state index in [1.807, 2.05) is 0 Å². The Hall–Kier alpha value is -7.80. The Balaban J connectivity index is 1.12. The third-order valence-corrected chi connectivity index (χ3v) is 12.6. The lowest BCUT2D eigenvalue weighted by Crippen LogP contribution is -1.92. The molecule has 0 fully saturated rings. The first-order valence-electron chi connectivity index (χ1n) is 20.8. The zero-order valence-corrected chi connectivity index (χ0v) is 32.9. The second-order valence-corrected chi connectivity index (χ2v) is 15.9. The van der Waals surface area contributed by atoms with Gasteiger partial charge >= 0.3 is 0 Å². The van der Waals surface area contributed by atoms with Crippen LogP contribution in [-0.4, -0.2) is 0 Å². The van der Waals surface area contributed by atoms with Crippen LogP contribution in [0.15, 0.2) is 231 Å². The Morgan fingerprint density at radius 3 is 0.850 bits per heavy atom. The van der Waals surface area contributed by atoms with Crippen molar-refractivity contribution in [1.82, 2.24) is 0 Å². The molecule has 0 aliphatic carbocycles. The second kappa shape index (κ2) is 13.9. The summed E-state index contributed by atoms with van der Waals surface area (Å²) in [6, 6.07) is 85.1. The van der Waals surface area contributed by atoms with Crippen molar-refractivity contribution in [3.05, 3.63) is 231 Å². The second-order valence-electron chi connectivity index (χ2n) is 15.9. The van der Waals surface area contributed by atoms with E-state index in [0.29, 0.717) is 0 Å². The van der Waals surface area contributed by atoms with Gasteiger partial charge in [-0.3, -0.25) is 0 Å². The first-order valence-corrected chi connectivity index (χ1v) is 20.8. The molecule has 12 rings (SSSR count). The van der Waals surface area contributed by atoms with Crippen molar-refractivity contribution in [2.24, 2.45) is 0 Å². The van der Waals surface area contributed by atoms with E-state index in [9.17, 15) is 0 Å². The molecule has 0 heterocycles.